The van der Waals surface area contributed by atoms with Gasteiger partial charge < -0.3 is 5.11 Å². The summed E-state index contributed by atoms with van der Waals surface area (Å²) in [6.45, 7) is 5.97. The first-order valence-electron chi connectivity index (χ1n) is 5.55. The molecule has 0 aliphatic heterocycles. The fourth-order valence-corrected chi connectivity index (χ4v) is 3.50. The van der Waals surface area contributed by atoms with Crippen LogP contribution in [0.15, 0.2) is 27.6 Å². The summed E-state index contributed by atoms with van der Waals surface area (Å²) in [6.07, 6.45) is 0. The number of carboxylic acid groups (broad SMARTS) is 1. The largest absolute Gasteiger partial charge is 0.478 e. The zero-order valence-corrected chi connectivity index (χ0v) is 13.3. The van der Waals surface area contributed by atoms with Gasteiger partial charge in [-0.3, -0.25) is 0 Å². The zero-order chi connectivity index (χ0) is 14.8. The monoisotopic (exact) mass is 349 g/mol. The summed E-state index contributed by atoms with van der Waals surface area (Å²) in [4.78, 5) is 10.8. The molecule has 0 bridgehead atoms. The van der Waals surface area contributed by atoms with Crippen LogP contribution in [-0.2, 0) is 10.0 Å². The maximum Gasteiger partial charge on any atom is 0.335 e. The molecular formula is C12H16BrNO4S. The molecule has 0 aliphatic carbocycles. The second-order valence-electron chi connectivity index (χ2n) is 5.34. The number of hydrogen-bond acceptors (Lipinski definition) is 3. The van der Waals surface area contributed by atoms with Crippen LogP contribution in [0, 0.1) is 5.41 Å². The molecule has 0 radical (unpaired) electrons. The second-order valence-corrected chi connectivity index (χ2v) is 7.93. The topological polar surface area (TPSA) is 83.5 Å². The van der Waals surface area contributed by atoms with Gasteiger partial charge in [-0.05, 0) is 39.5 Å². The molecular weight excluding hydrogens is 334 g/mol. The predicted molar refractivity (Wildman–Crippen MR) is 75.7 cm³/mol. The van der Waals surface area contributed by atoms with Crippen molar-refractivity contribution in [2.24, 2.45) is 5.41 Å². The lowest BCUT2D eigenvalue weighted by Gasteiger charge is -2.19. The Morgan fingerprint density at radius 1 is 1.37 bits per heavy atom. The third-order valence-electron chi connectivity index (χ3n) is 2.26. The molecule has 0 saturated carbocycles. The standard InChI is InChI=1S/C12H16BrNO4S/c1-12(2,3)7-14-19(17,18)10-6-8(11(15)16)4-5-9(10)13/h4-6,14H,7H2,1-3H3,(H,15,16). The minimum Gasteiger partial charge on any atom is -0.478 e. The number of benzene rings is 1. The van der Waals surface area contributed by atoms with Crippen molar-refractivity contribution < 1.29 is 18.3 Å². The molecule has 2 N–H and O–H groups in total. The van der Waals surface area contributed by atoms with Crippen LogP contribution >= 0.6 is 15.9 Å². The molecule has 0 aliphatic rings. The first-order chi connectivity index (χ1) is 8.53. The minimum absolute atomic E-state index is 0.0701. The van der Waals surface area contributed by atoms with E-state index in [0.29, 0.717) is 4.47 Å². The predicted octanol–water partition coefficient (Wildman–Crippen LogP) is 2.47. The minimum atomic E-state index is -3.74. The van der Waals surface area contributed by atoms with Crippen LogP contribution < -0.4 is 4.72 Å². The van der Waals surface area contributed by atoms with E-state index >= 15 is 0 Å². The third-order valence-corrected chi connectivity index (χ3v) is 4.66. The number of sulfonamides is 1. The van der Waals surface area contributed by atoms with Crippen molar-refractivity contribution in [2.75, 3.05) is 6.54 Å². The van der Waals surface area contributed by atoms with Crippen molar-refractivity contribution in [3.63, 3.8) is 0 Å². The Bertz CT molecular complexity index is 590. The second kappa shape index (κ2) is 5.60. The molecule has 0 amide bonds. The van der Waals surface area contributed by atoms with Gasteiger partial charge in [0.25, 0.3) is 0 Å². The lowest BCUT2D eigenvalue weighted by molar-refractivity contribution is 0.0696. The van der Waals surface area contributed by atoms with Gasteiger partial charge in [0.15, 0.2) is 0 Å². The summed E-state index contributed by atoms with van der Waals surface area (Å²) < 4.78 is 27.1. The van der Waals surface area contributed by atoms with Gasteiger partial charge in [0.05, 0.1) is 10.5 Å². The molecule has 1 aromatic carbocycles. The number of nitrogens with one attached hydrogen (secondary N) is 1. The van der Waals surface area contributed by atoms with E-state index in [0.717, 1.165) is 6.07 Å². The number of carboxylic acids is 1. The highest BCUT2D eigenvalue weighted by Gasteiger charge is 2.22. The van der Waals surface area contributed by atoms with Crippen molar-refractivity contribution in [1.82, 2.24) is 4.72 Å². The van der Waals surface area contributed by atoms with Crippen LogP contribution in [0.2, 0.25) is 0 Å². The highest BCUT2D eigenvalue weighted by atomic mass is 79.9. The quantitative estimate of drug-likeness (QED) is 0.874. The molecule has 0 heterocycles. The van der Waals surface area contributed by atoms with Gasteiger partial charge in [0.2, 0.25) is 10.0 Å². The average molecular weight is 350 g/mol. The summed E-state index contributed by atoms with van der Waals surface area (Å²) in [7, 11) is -3.74. The molecule has 0 fully saturated rings. The summed E-state index contributed by atoms with van der Waals surface area (Å²) in [5.41, 5.74) is -0.274. The molecule has 106 valence electrons. The Hall–Kier alpha value is -0.920. The zero-order valence-electron chi connectivity index (χ0n) is 10.9. The van der Waals surface area contributed by atoms with E-state index in [4.69, 9.17) is 5.11 Å². The molecule has 0 aromatic heterocycles. The van der Waals surface area contributed by atoms with E-state index in [-0.39, 0.29) is 22.4 Å². The highest BCUT2D eigenvalue weighted by molar-refractivity contribution is 9.10. The van der Waals surface area contributed by atoms with Crippen molar-refractivity contribution in [1.29, 1.82) is 0 Å². The fourth-order valence-electron chi connectivity index (χ4n) is 1.23. The summed E-state index contributed by atoms with van der Waals surface area (Å²) in [5.74, 6) is -1.17. The maximum absolute atomic E-state index is 12.1. The highest BCUT2D eigenvalue weighted by Crippen LogP contribution is 2.24. The van der Waals surface area contributed by atoms with Gasteiger partial charge in [-0.1, -0.05) is 20.8 Å². The summed E-state index contributed by atoms with van der Waals surface area (Å²) >= 11 is 3.12. The van der Waals surface area contributed by atoms with Gasteiger partial charge in [-0.2, -0.15) is 0 Å². The Kier molecular flexibility index (Phi) is 4.76. The van der Waals surface area contributed by atoms with Crippen LogP contribution in [0.5, 0.6) is 0 Å². The molecule has 5 nitrogen and oxygen atoms in total. The number of hydrogen-bond donors (Lipinski definition) is 2. The van der Waals surface area contributed by atoms with Crippen molar-refractivity contribution >= 4 is 31.9 Å². The number of halogens is 1. The molecule has 0 unspecified atom stereocenters. The molecule has 0 spiro atoms. The lowest BCUT2D eigenvalue weighted by atomic mass is 9.98. The molecule has 1 rings (SSSR count). The van der Waals surface area contributed by atoms with Crippen LogP contribution in [0.4, 0.5) is 0 Å². The Morgan fingerprint density at radius 3 is 2.42 bits per heavy atom. The number of carbonyl (C=O) groups is 1. The van der Waals surface area contributed by atoms with E-state index in [1.165, 1.54) is 12.1 Å². The molecule has 0 saturated heterocycles. The number of aromatic carboxylic acids is 1. The summed E-state index contributed by atoms with van der Waals surface area (Å²) in [6, 6.07) is 3.89. The van der Waals surface area contributed by atoms with Crippen molar-refractivity contribution in [3.05, 3.63) is 28.2 Å². The fraction of sp³-hybridized carbons (Fsp3) is 0.417. The average Bonchev–Trinajstić information content (AvgIpc) is 2.25. The van der Waals surface area contributed by atoms with Gasteiger partial charge in [-0.15, -0.1) is 0 Å². The Labute approximate surface area is 121 Å². The van der Waals surface area contributed by atoms with E-state index in [2.05, 4.69) is 20.7 Å². The Morgan fingerprint density at radius 2 is 1.95 bits per heavy atom. The van der Waals surface area contributed by atoms with E-state index in [1.54, 1.807) is 0 Å². The van der Waals surface area contributed by atoms with Gasteiger partial charge in [0, 0.05) is 11.0 Å². The maximum atomic E-state index is 12.1. The number of rotatable bonds is 4. The van der Waals surface area contributed by atoms with E-state index < -0.39 is 16.0 Å². The molecule has 0 atom stereocenters. The van der Waals surface area contributed by atoms with Crippen molar-refractivity contribution in [3.8, 4) is 0 Å². The lowest BCUT2D eigenvalue weighted by Crippen LogP contribution is -2.32. The van der Waals surface area contributed by atoms with Crippen LogP contribution in [-0.4, -0.2) is 26.0 Å². The normalized spacial score (nSPS) is 12.4. The first-order valence-corrected chi connectivity index (χ1v) is 7.83. The van der Waals surface area contributed by atoms with Gasteiger partial charge >= 0.3 is 5.97 Å². The van der Waals surface area contributed by atoms with E-state index in [9.17, 15) is 13.2 Å². The van der Waals surface area contributed by atoms with Crippen LogP contribution in [0.3, 0.4) is 0 Å². The van der Waals surface area contributed by atoms with Crippen LogP contribution in [0.1, 0.15) is 31.1 Å². The SMILES string of the molecule is CC(C)(C)CNS(=O)(=O)c1cc(C(=O)O)ccc1Br. The molecule has 19 heavy (non-hydrogen) atoms. The summed E-state index contributed by atoms with van der Waals surface area (Å²) in [5, 5.41) is 8.89. The van der Waals surface area contributed by atoms with Crippen LogP contribution in [0.25, 0.3) is 0 Å². The van der Waals surface area contributed by atoms with Gasteiger partial charge in [0.1, 0.15) is 0 Å². The van der Waals surface area contributed by atoms with E-state index in [1.807, 2.05) is 20.8 Å². The molecule has 1 aromatic rings. The van der Waals surface area contributed by atoms with Gasteiger partial charge in [-0.25, -0.2) is 17.9 Å². The smallest absolute Gasteiger partial charge is 0.335 e. The molecule has 7 heteroatoms. The third kappa shape index (κ3) is 4.59. The first kappa shape index (κ1) is 16.1. The van der Waals surface area contributed by atoms with Crippen molar-refractivity contribution in [2.45, 2.75) is 25.7 Å². The Balaban J connectivity index is 3.14.